The summed E-state index contributed by atoms with van der Waals surface area (Å²) in [6.07, 6.45) is 2.39. The van der Waals surface area contributed by atoms with E-state index in [2.05, 4.69) is 4.98 Å². The number of pyridine rings is 1. The molecule has 88 valence electrons. The maximum Gasteiger partial charge on any atom is 0.145 e. The Bertz CT molecular complexity index is 500. The third-order valence-corrected chi connectivity index (χ3v) is 2.28. The minimum Gasteiger partial charge on any atom is -0.455 e. The van der Waals surface area contributed by atoms with Gasteiger partial charge in [0.05, 0.1) is 12.3 Å². The van der Waals surface area contributed by atoms with Crippen LogP contribution in [0.15, 0.2) is 42.7 Å². The molecule has 1 N–H and O–H groups in total. The molecule has 0 spiro atoms. The fraction of sp³-hybridized carbons (Fsp3) is 0.154. The molecule has 0 radical (unpaired) electrons. The van der Waals surface area contributed by atoms with Gasteiger partial charge in [0.1, 0.15) is 17.3 Å². The van der Waals surface area contributed by atoms with Crippen molar-refractivity contribution in [1.82, 2.24) is 4.98 Å². The van der Waals surface area contributed by atoms with Crippen molar-refractivity contribution in [1.29, 1.82) is 0 Å². The second-order valence-electron chi connectivity index (χ2n) is 3.65. The molecule has 4 heteroatoms. The van der Waals surface area contributed by atoms with E-state index in [1.807, 2.05) is 0 Å². The summed E-state index contributed by atoms with van der Waals surface area (Å²) < 4.78 is 18.6. The van der Waals surface area contributed by atoms with E-state index in [0.29, 0.717) is 17.1 Å². The molecular formula is C13H12FNO2. The molecule has 1 heterocycles. The summed E-state index contributed by atoms with van der Waals surface area (Å²) in [6, 6.07) is 7.52. The van der Waals surface area contributed by atoms with Crippen LogP contribution in [0, 0.1) is 5.82 Å². The SMILES string of the molecule is C[C@H](O)c1cc(F)ccc1Oc1cccnc1. The van der Waals surface area contributed by atoms with Crippen LogP contribution in [0.5, 0.6) is 11.5 Å². The summed E-state index contributed by atoms with van der Waals surface area (Å²) in [5, 5.41) is 9.54. The number of halogens is 1. The van der Waals surface area contributed by atoms with Gasteiger partial charge >= 0.3 is 0 Å². The van der Waals surface area contributed by atoms with Crippen molar-refractivity contribution in [3.63, 3.8) is 0 Å². The van der Waals surface area contributed by atoms with Crippen LogP contribution in [0.25, 0.3) is 0 Å². The number of ether oxygens (including phenoxy) is 1. The van der Waals surface area contributed by atoms with Crippen LogP contribution in [0.2, 0.25) is 0 Å². The normalized spacial score (nSPS) is 12.2. The average Bonchev–Trinajstić information content (AvgIpc) is 2.32. The second kappa shape index (κ2) is 4.93. The highest BCUT2D eigenvalue weighted by atomic mass is 19.1. The summed E-state index contributed by atoms with van der Waals surface area (Å²) in [6.45, 7) is 1.56. The summed E-state index contributed by atoms with van der Waals surface area (Å²) in [5.41, 5.74) is 0.411. The van der Waals surface area contributed by atoms with Crippen molar-refractivity contribution in [3.05, 3.63) is 54.1 Å². The average molecular weight is 233 g/mol. The Hall–Kier alpha value is -1.94. The molecule has 3 nitrogen and oxygen atoms in total. The molecule has 2 aromatic rings. The smallest absolute Gasteiger partial charge is 0.145 e. The molecule has 0 saturated carbocycles. The number of aliphatic hydroxyl groups is 1. The van der Waals surface area contributed by atoms with Gasteiger partial charge in [-0.2, -0.15) is 0 Å². The van der Waals surface area contributed by atoms with Gasteiger partial charge in [-0.05, 0) is 37.3 Å². The van der Waals surface area contributed by atoms with Crippen LogP contribution in [-0.2, 0) is 0 Å². The number of aliphatic hydroxyl groups excluding tert-OH is 1. The van der Waals surface area contributed by atoms with E-state index in [4.69, 9.17) is 4.74 Å². The predicted octanol–water partition coefficient (Wildman–Crippen LogP) is 3.07. The number of hydrogen-bond donors (Lipinski definition) is 1. The second-order valence-corrected chi connectivity index (χ2v) is 3.65. The zero-order valence-electron chi connectivity index (χ0n) is 9.30. The molecule has 0 bridgehead atoms. The number of rotatable bonds is 3. The number of benzene rings is 1. The lowest BCUT2D eigenvalue weighted by molar-refractivity contribution is 0.195. The molecule has 1 atom stereocenters. The molecule has 2 rings (SSSR count). The molecule has 17 heavy (non-hydrogen) atoms. The Morgan fingerprint density at radius 1 is 1.35 bits per heavy atom. The molecule has 1 aromatic heterocycles. The quantitative estimate of drug-likeness (QED) is 0.885. The van der Waals surface area contributed by atoms with Gasteiger partial charge in [0.25, 0.3) is 0 Å². The van der Waals surface area contributed by atoms with Crippen LogP contribution in [0.1, 0.15) is 18.6 Å². The maximum absolute atomic E-state index is 13.1. The van der Waals surface area contributed by atoms with Gasteiger partial charge in [-0.15, -0.1) is 0 Å². The first kappa shape index (κ1) is 11.5. The van der Waals surface area contributed by atoms with E-state index in [-0.39, 0.29) is 0 Å². The topological polar surface area (TPSA) is 42.4 Å². The van der Waals surface area contributed by atoms with Gasteiger partial charge in [0.15, 0.2) is 0 Å². The van der Waals surface area contributed by atoms with E-state index >= 15 is 0 Å². The Morgan fingerprint density at radius 3 is 2.82 bits per heavy atom. The largest absolute Gasteiger partial charge is 0.455 e. The third-order valence-electron chi connectivity index (χ3n) is 2.28. The van der Waals surface area contributed by atoms with E-state index in [1.54, 1.807) is 31.5 Å². The van der Waals surface area contributed by atoms with Crippen molar-refractivity contribution in [2.45, 2.75) is 13.0 Å². The molecule has 0 saturated heterocycles. The number of nitrogens with zero attached hydrogens (tertiary/aromatic N) is 1. The predicted molar refractivity (Wildman–Crippen MR) is 61.3 cm³/mol. The highest BCUT2D eigenvalue weighted by Crippen LogP contribution is 2.29. The van der Waals surface area contributed by atoms with Gasteiger partial charge in [0, 0.05) is 11.8 Å². The van der Waals surface area contributed by atoms with Crippen molar-refractivity contribution < 1.29 is 14.2 Å². The Labute approximate surface area is 98.5 Å². The monoisotopic (exact) mass is 233 g/mol. The van der Waals surface area contributed by atoms with Crippen LogP contribution < -0.4 is 4.74 Å². The van der Waals surface area contributed by atoms with E-state index in [0.717, 1.165) is 0 Å². The molecule has 0 unspecified atom stereocenters. The first-order valence-electron chi connectivity index (χ1n) is 5.22. The van der Waals surface area contributed by atoms with Gasteiger partial charge in [-0.3, -0.25) is 4.98 Å². The number of aromatic nitrogens is 1. The zero-order valence-corrected chi connectivity index (χ0v) is 9.30. The van der Waals surface area contributed by atoms with Crippen molar-refractivity contribution in [3.8, 4) is 11.5 Å². The highest BCUT2D eigenvalue weighted by Gasteiger charge is 2.11. The fourth-order valence-corrected chi connectivity index (χ4v) is 1.47. The van der Waals surface area contributed by atoms with Crippen molar-refractivity contribution >= 4 is 0 Å². The molecule has 1 aromatic carbocycles. The maximum atomic E-state index is 13.1. The van der Waals surface area contributed by atoms with Gasteiger partial charge < -0.3 is 9.84 Å². The van der Waals surface area contributed by atoms with Crippen molar-refractivity contribution in [2.24, 2.45) is 0 Å². The number of hydrogen-bond acceptors (Lipinski definition) is 3. The minimum absolute atomic E-state index is 0.403. The molecule has 0 aliphatic carbocycles. The van der Waals surface area contributed by atoms with Gasteiger partial charge in [-0.25, -0.2) is 4.39 Å². The zero-order chi connectivity index (χ0) is 12.3. The Kier molecular flexibility index (Phi) is 3.35. The summed E-state index contributed by atoms with van der Waals surface area (Å²) in [4.78, 5) is 3.91. The standard InChI is InChI=1S/C13H12FNO2/c1-9(16)12-7-10(14)4-5-13(12)17-11-3-2-6-15-8-11/h2-9,16H,1H3/t9-/m0/s1. The summed E-state index contributed by atoms with van der Waals surface area (Å²) in [7, 11) is 0. The molecule has 0 aliphatic rings. The van der Waals surface area contributed by atoms with Crippen LogP contribution >= 0.6 is 0 Å². The Balaban J connectivity index is 2.33. The lowest BCUT2D eigenvalue weighted by Gasteiger charge is -2.12. The molecule has 0 fully saturated rings. The van der Waals surface area contributed by atoms with Crippen LogP contribution in [-0.4, -0.2) is 10.1 Å². The molecule has 0 aliphatic heterocycles. The highest BCUT2D eigenvalue weighted by molar-refractivity contribution is 5.38. The third kappa shape index (κ3) is 2.79. The first-order valence-corrected chi connectivity index (χ1v) is 5.22. The molecular weight excluding hydrogens is 221 g/mol. The van der Waals surface area contributed by atoms with Crippen molar-refractivity contribution in [2.75, 3.05) is 0 Å². The van der Waals surface area contributed by atoms with Gasteiger partial charge in [0.2, 0.25) is 0 Å². The van der Waals surface area contributed by atoms with E-state index in [1.165, 1.54) is 18.2 Å². The minimum atomic E-state index is -0.794. The lowest BCUT2D eigenvalue weighted by Crippen LogP contribution is -1.97. The van der Waals surface area contributed by atoms with Crippen LogP contribution in [0.3, 0.4) is 0 Å². The summed E-state index contributed by atoms with van der Waals surface area (Å²) >= 11 is 0. The molecule has 0 amide bonds. The Morgan fingerprint density at radius 2 is 2.18 bits per heavy atom. The van der Waals surface area contributed by atoms with E-state index < -0.39 is 11.9 Å². The summed E-state index contributed by atoms with van der Waals surface area (Å²) in [5.74, 6) is 0.565. The van der Waals surface area contributed by atoms with Crippen LogP contribution in [0.4, 0.5) is 4.39 Å². The fourth-order valence-electron chi connectivity index (χ4n) is 1.47. The first-order chi connectivity index (χ1) is 8.16. The van der Waals surface area contributed by atoms with E-state index in [9.17, 15) is 9.50 Å². The lowest BCUT2D eigenvalue weighted by atomic mass is 10.1. The van der Waals surface area contributed by atoms with Gasteiger partial charge in [-0.1, -0.05) is 0 Å².